The second kappa shape index (κ2) is 15.0. The number of unbranched alkanes of at least 4 members (excludes halogenated alkanes) is 1. The molecule has 0 aromatic heterocycles. The summed E-state index contributed by atoms with van der Waals surface area (Å²) >= 11 is 0. The number of guanidine groups is 1. The fourth-order valence-corrected chi connectivity index (χ4v) is 4.18. The monoisotopic (exact) mass is 516 g/mol. The maximum absolute atomic E-state index is 9.71. The number of benzene rings is 1. The van der Waals surface area contributed by atoms with Crippen molar-refractivity contribution in [2.75, 3.05) is 45.9 Å². The van der Waals surface area contributed by atoms with E-state index >= 15 is 0 Å². The number of rotatable bonds is 10. The summed E-state index contributed by atoms with van der Waals surface area (Å²) in [7, 11) is 0. The number of hydrogen-bond donors (Lipinski definition) is 3. The van der Waals surface area contributed by atoms with E-state index in [1.54, 1.807) is 0 Å². The largest absolute Gasteiger partial charge is 0.396 e. The Labute approximate surface area is 194 Å². The molecular formula is C23H41IN4O. The summed E-state index contributed by atoms with van der Waals surface area (Å²) in [5, 5.41) is 16.5. The third-order valence-corrected chi connectivity index (χ3v) is 5.44. The molecule has 6 heteroatoms. The molecule has 5 nitrogen and oxygen atoms in total. The van der Waals surface area contributed by atoms with Crippen molar-refractivity contribution in [2.24, 2.45) is 16.8 Å². The molecular weight excluding hydrogens is 475 g/mol. The van der Waals surface area contributed by atoms with E-state index in [4.69, 9.17) is 4.99 Å². The van der Waals surface area contributed by atoms with Crippen LogP contribution in [0.2, 0.25) is 0 Å². The molecule has 1 saturated heterocycles. The number of nitrogens with one attached hydrogen (secondary N) is 2. The van der Waals surface area contributed by atoms with Crippen LogP contribution in [-0.4, -0.2) is 61.8 Å². The first-order valence-electron chi connectivity index (χ1n) is 11.0. The van der Waals surface area contributed by atoms with E-state index in [-0.39, 0.29) is 36.5 Å². The van der Waals surface area contributed by atoms with Crippen LogP contribution in [-0.2, 0) is 0 Å². The van der Waals surface area contributed by atoms with Crippen molar-refractivity contribution in [1.29, 1.82) is 0 Å². The molecule has 0 radical (unpaired) electrons. The smallest absolute Gasteiger partial charge is 0.191 e. The normalized spacial score (nSPS) is 21.3. The number of piperidine rings is 1. The van der Waals surface area contributed by atoms with Crippen LogP contribution in [0, 0.1) is 11.8 Å². The Morgan fingerprint density at radius 2 is 1.83 bits per heavy atom. The van der Waals surface area contributed by atoms with Gasteiger partial charge in [0, 0.05) is 32.1 Å². The molecule has 2 rings (SSSR count). The lowest BCUT2D eigenvalue weighted by atomic mass is 9.92. The molecule has 29 heavy (non-hydrogen) atoms. The van der Waals surface area contributed by atoms with Crippen LogP contribution in [0.3, 0.4) is 0 Å². The zero-order chi connectivity index (χ0) is 20.2. The minimum atomic E-state index is 0. The van der Waals surface area contributed by atoms with Gasteiger partial charge < -0.3 is 20.6 Å². The highest BCUT2D eigenvalue weighted by atomic mass is 127. The highest BCUT2D eigenvalue weighted by Crippen LogP contribution is 2.21. The van der Waals surface area contributed by atoms with Gasteiger partial charge in [0.1, 0.15) is 0 Å². The summed E-state index contributed by atoms with van der Waals surface area (Å²) in [6.45, 7) is 13.0. The average Bonchev–Trinajstić information content (AvgIpc) is 2.68. The molecule has 1 heterocycles. The molecule has 0 bridgehead atoms. The summed E-state index contributed by atoms with van der Waals surface area (Å²) in [6, 6.07) is 10.1. The molecule has 3 N–H and O–H groups in total. The molecule has 1 aliphatic heterocycles. The third-order valence-electron chi connectivity index (χ3n) is 5.44. The van der Waals surface area contributed by atoms with Crippen LogP contribution in [0.1, 0.15) is 51.5 Å². The topological polar surface area (TPSA) is 59.9 Å². The van der Waals surface area contributed by atoms with Crippen molar-refractivity contribution in [3.8, 4) is 0 Å². The zero-order valence-electron chi connectivity index (χ0n) is 18.4. The van der Waals surface area contributed by atoms with Crippen molar-refractivity contribution in [3.63, 3.8) is 0 Å². The lowest BCUT2D eigenvalue weighted by Gasteiger charge is -2.34. The minimum absolute atomic E-state index is 0. The molecule has 1 aliphatic rings. The first-order valence-corrected chi connectivity index (χ1v) is 11.0. The Morgan fingerprint density at radius 1 is 1.14 bits per heavy atom. The zero-order valence-corrected chi connectivity index (χ0v) is 20.8. The molecule has 0 aliphatic carbocycles. The van der Waals surface area contributed by atoms with Crippen LogP contribution in [0.4, 0.5) is 0 Å². The molecule has 0 spiro atoms. The summed E-state index contributed by atoms with van der Waals surface area (Å²) < 4.78 is 0. The van der Waals surface area contributed by atoms with Gasteiger partial charge >= 0.3 is 0 Å². The second-order valence-electron chi connectivity index (χ2n) is 8.35. The van der Waals surface area contributed by atoms with E-state index in [2.05, 4.69) is 48.4 Å². The lowest BCUT2D eigenvalue weighted by molar-refractivity contribution is 0.139. The van der Waals surface area contributed by atoms with Gasteiger partial charge in [-0.3, -0.25) is 4.99 Å². The fraction of sp³-hybridized carbons (Fsp3) is 0.696. The van der Waals surface area contributed by atoms with Gasteiger partial charge in [0.2, 0.25) is 0 Å². The standard InChI is InChI=1S/C23H40N4O.HI/c1-4-24-23(26-15-22(18-28)21-10-6-5-7-11-21)25-12-8-9-13-27-16-19(2)14-20(3)17-27;/h5-7,10-11,19-20,22,28H,4,8-9,12-18H2,1-3H3,(H2,24,25,26);1H. The first kappa shape index (κ1) is 26.2. The van der Waals surface area contributed by atoms with Gasteiger partial charge in [0.25, 0.3) is 0 Å². The number of nitrogens with zero attached hydrogens (tertiary/aromatic N) is 2. The second-order valence-corrected chi connectivity index (χ2v) is 8.35. The minimum Gasteiger partial charge on any atom is -0.396 e. The predicted octanol–water partition coefficient (Wildman–Crippen LogP) is 3.69. The van der Waals surface area contributed by atoms with Gasteiger partial charge in [-0.2, -0.15) is 0 Å². The van der Waals surface area contributed by atoms with E-state index < -0.39 is 0 Å². The average molecular weight is 517 g/mol. The van der Waals surface area contributed by atoms with Crippen LogP contribution in [0.15, 0.2) is 35.3 Å². The van der Waals surface area contributed by atoms with Gasteiger partial charge in [-0.15, -0.1) is 24.0 Å². The molecule has 1 aromatic carbocycles. The summed E-state index contributed by atoms with van der Waals surface area (Å²) in [5.74, 6) is 2.55. The summed E-state index contributed by atoms with van der Waals surface area (Å²) in [5.41, 5.74) is 1.13. The van der Waals surface area contributed by atoms with Gasteiger partial charge in [-0.1, -0.05) is 44.2 Å². The van der Waals surface area contributed by atoms with Gasteiger partial charge in [0.15, 0.2) is 5.96 Å². The highest BCUT2D eigenvalue weighted by Gasteiger charge is 2.20. The quantitative estimate of drug-likeness (QED) is 0.192. The van der Waals surface area contributed by atoms with Crippen LogP contribution < -0.4 is 10.6 Å². The Balaban J connectivity index is 0.00000420. The van der Waals surface area contributed by atoms with Gasteiger partial charge in [-0.05, 0) is 50.1 Å². The van der Waals surface area contributed by atoms with Crippen molar-refractivity contribution in [3.05, 3.63) is 35.9 Å². The van der Waals surface area contributed by atoms with E-state index in [0.29, 0.717) is 6.54 Å². The number of aliphatic imine (C=N–C) groups is 1. The lowest BCUT2D eigenvalue weighted by Crippen LogP contribution is -2.40. The van der Waals surface area contributed by atoms with Crippen LogP contribution in [0.25, 0.3) is 0 Å². The maximum Gasteiger partial charge on any atom is 0.191 e. The Bertz CT molecular complexity index is 559. The van der Waals surface area contributed by atoms with Crippen molar-refractivity contribution >= 4 is 29.9 Å². The van der Waals surface area contributed by atoms with Crippen molar-refractivity contribution in [1.82, 2.24) is 15.5 Å². The van der Waals surface area contributed by atoms with E-state index in [9.17, 15) is 5.11 Å². The summed E-state index contributed by atoms with van der Waals surface area (Å²) in [4.78, 5) is 7.32. The highest BCUT2D eigenvalue weighted by molar-refractivity contribution is 14.0. The Kier molecular flexibility index (Phi) is 13.6. The molecule has 0 amide bonds. The third kappa shape index (κ3) is 10.1. The van der Waals surface area contributed by atoms with Crippen LogP contribution in [0.5, 0.6) is 0 Å². The Hall–Kier alpha value is -0.860. The van der Waals surface area contributed by atoms with Gasteiger partial charge in [0.05, 0.1) is 13.2 Å². The SMILES string of the molecule is CCNC(=NCC(CO)c1ccccc1)NCCCCN1CC(C)CC(C)C1.I. The summed E-state index contributed by atoms with van der Waals surface area (Å²) in [6.07, 6.45) is 3.74. The Morgan fingerprint density at radius 3 is 2.45 bits per heavy atom. The molecule has 0 saturated carbocycles. The molecule has 3 atom stereocenters. The van der Waals surface area contributed by atoms with Gasteiger partial charge in [-0.25, -0.2) is 0 Å². The number of aliphatic hydroxyl groups is 1. The number of halogens is 1. The first-order chi connectivity index (χ1) is 13.6. The van der Waals surface area contributed by atoms with E-state index in [0.717, 1.165) is 42.9 Å². The van der Waals surface area contributed by atoms with E-state index in [1.807, 2.05) is 18.2 Å². The number of likely N-dealkylation sites (tertiary alicyclic amines) is 1. The molecule has 3 unspecified atom stereocenters. The number of aliphatic hydroxyl groups excluding tert-OH is 1. The molecule has 1 aromatic rings. The fourth-order valence-electron chi connectivity index (χ4n) is 4.18. The van der Waals surface area contributed by atoms with Crippen molar-refractivity contribution in [2.45, 2.75) is 46.0 Å². The molecule has 1 fully saturated rings. The number of hydrogen-bond acceptors (Lipinski definition) is 3. The molecule has 166 valence electrons. The maximum atomic E-state index is 9.71. The van der Waals surface area contributed by atoms with Crippen molar-refractivity contribution < 1.29 is 5.11 Å². The van der Waals surface area contributed by atoms with E-state index in [1.165, 1.54) is 32.5 Å². The van der Waals surface area contributed by atoms with Crippen LogP contribution >= 0.6 is 24.0 Å². The predicted molar refractivity (Wildman–Crippen MR) is 134 cm³/mol.